The molecule has 0 heterocycles. The number of aryl methyl sites for hydroxylation is 1. The zero-order valence-corrected chi connectivity index (χ0v) is 13.3. The van der Waals surface area contributed by atoms with E-state index in [1.807, 2.05) is 19.1 Å². The smallest absolute Gasteiger partial charge is 0.307 e. The number of aliphatic carboxylic acids is 1. The van der Waals surface area contributed by atoms with Gasteiger partial charge in [0.25, 0.3) is 0 Å². The van der Waals surface area contributed by atoms with Crippen LogP contribution in [0.3, 0.4) is 0 Å². The maximum Gasteiger partial charge on any atom is 0.307 e. The standard InChI is InChI=1S/C18H26O3/c1-4-5-13-7-8-14(18(19)20)15(11-13)16-10-12(2)6-9-17(16)21-3/h6,9-10,13-15H,4-5,7-8,11H2,1-3H3,(H,19,20). The Balaban J connectivity index is 2.35. The molecule has 1 fully saturated rings. The van der Waals surface area contributed by atoms with Gasteiger partial charge in [0.15, 0.2) is 0 Å². The van der Waals surface area contributed by atoms with Crippen molar-refractivity contribution in [1.29, 1.82) is 0 Å². The van der Waals surface area contributed by atoms with Gasteiger partial charge in [0.05, 0.1) is 13.0 Å². The molecule has 0 bridgehead atoms. The van der Waals surface area contributed by atoms with Crippen molar-refractivity contribution >= 4 is 5.97 Å². The maximum absolute atomic E-state index is 11.6. The molecule has 21 heavy (non-hydrogen) atoms. The van der Waals surface area contributed by atoms with Gasteiger partial charge in [-0.25, -0.2) is 0 Å². The molecule has 0 spiro atoms. The molecule has 0 amide bonds. The van der Waals surface area contributed by atoms with Crippen LogP contribution in [-0.2, 0) is 4.79 Å². The molecule has 1 aromatic rings. The number of carbonyl (C=O) groups is 1. The first-order valence-electron chi connectivity index (χ1n) is 7.94. The highest BCUT2D eigenvalue weighted by Gasteiger charge is 2.37. The molecule has 0 aliphatic heterocycles. The Morgan fingerprint density at radius 3 is 2.76 bits per heavy atom. The first-order valence-corrected chi connectivity index (χ1v) is 7.94. The van der Waals surface area contributed by atoms with Gasteiger partial charge in [-0.15, -0.1) is 0 Å². The third-order valence-corrected chi connectivity index (χ3v) is 4.76. The normalized spacial score (nSPS) is 25.6. The van der Waals surface area contributed by atoms with Gasteiger partial charge in [-0.2, -0.15) is 0 Å². The van der Waals surface area contributed by atoms with Crippen LogP contribution in [0.5, 0.6) is 5.75 Å². The summed E-state index contributed by atoms with van der Waals surface area (Å²) in [4.78, 5) is 11.6. The molecule has 1 N–H and O–H groups in total. The van der Waals surface area contributed by atoms with Crippen LogP contribution in [0.1, 0.15) is 56.1 Å². The number of hydrogen-bond acceptors (Lipinski definition) is 2. The fourth-order valence-electron chi connectivity index (χ4n) is 3.71. The molecule has 1 saturated carbocycles. The van der Waals surface area contributed by atoms with Gasteiger partial charge >= 0.3 is 5.97 Å². The molecule has 3 nitrogen and oxygen atoms in total. The van der Waals surface area contributed by atoms with E-state index in [0.717, 1.165) is 36.1 Å². The monoisotopic (exact) mass is 290 g/mol. The predicted octanol–water partition coefficient (Wildman–Crippen LogP) is 4.39. The summed E-state index contributed by atoms with van der Waals surface area (Å²) in [6.45, 7) is 4.25. The van der Waals surface area contributed by atoms with Crippen molar-refractivity contribution in [2.75, 3.05) is 7.11 Å². The van der Waals surface area contributed by atoms with Crippen molar-refractivity contribution in [3.8, 4) is 5.75 Å². The van der Waals surface area contributed by atoms with Gasteiger partial charge in [-0.3, -0.25) is 4.79 Å². The molecular weight excluding hydrogens is 264 g/mol. The minimum absolute atomic E-state index is 0.0719. The van der Waals surface area contributed by atoms with Crippen LogP contribution in [-0.4, -0.2) is 18.2 Å². The Bertz CT molecular complexity index is 495. The summed E-state index contributed by atoms with van der Waals surface area (Å²) in [5, 5.41) is 9.58. The number of rotatable bonds is 5. The van der Waals surface area contributed by atoms with Crippen molar-refractivity contribution < 1.29 is 14.6 Å². The number of ether oxygens (including phenoxy) is 1. The second-order valence-electron chi connectivity index (χ2n) is 6.26. The van der Waals surface area contributed by atoms with E-state index >= 15 is 0 Å². The lowest BCUT2D eigenvalue weighted by molar-refractivity contribution is -0.143. The molecule has 2 rings (SSSR count). The summed E-state index contributed by atoms with van der Waals surface area (Å²) in [5.41, 5.74) is 2.23. The van der Waals surface area contributed by atoms with E-state index in [1.165, 1.54) is 12.8 Å². The Morgan fingerprint density at radius 2 is 2.14 bits per heavy atom. The van der Waals surface area contributed by atoms with E-state index in [2.05, 4.69) is 13.0 Å². The molecular formula is C18H26O3. The van der Waals surface area contributed by atoms with Gasteiger partial charge in [-0.1, -0.05) is 37.5 Å². The topological polar surface area (TPSA) is 46.5 Å². The van der Waals surface area contributed by atoms with Crippen molar-refractivity contribution in [2.24, 2.45) is 11.8 Å². The Labute approximate surface area is 127 Å². The maximum atomic E-state index is 11.6. The fourth-order valence-corrected chi connectivity index (χ4v) is 3.71. The molecule has 1 aliphatic rings. The lowest BCUT2D eigenvalue weighted by Crippen LogP contribution is -2.29. The molecule has 3 heteroatoms. The highest BCUT2D eigenvalue weighted by atomic mass is 16.5. The zero-order valence-electron chi connectivity index (χ0n) is 13.3. The van der Waals surface area contributed by atoms with Gasteiger partial charge in [0.1, 0.15) is 5.75 Å². The van der Waals surface area contributed by atoms with Crippen LogP contribution in [0.25, 0.3) is 0 Å². The molecule has 116 valence electrons. The first kappa shape index (κ1) is 15.9. The van der Waals surface area contributed by atoms with Crippen LogP contribution in [0.15, 0.2) is 18.2 Å². The summed E-state index contributed by atoms with van der Waals surface area (Å²) in [5.74, 6) is 0.588. The lowest BCUT2D eigenvalue weighted by atomic mass is 9.69. The highest BCUT2D eigenvalue weighted by molar-refractivity contribution is 5.72. The van der Waals surface area contributed by atoms with Crippen molar-refractivity contribution in [3.05, 3.63) is 29.3 Å². The summed E-state index contributed by atoms with van der Waals surface area (Å²) in [6, 6.07) is 6.09. The van der Waals surface area contributed by atoms with Crippen LogP contribution >= 0.6 is 0 Å². The van der Waals surface area contributed by atoms with Crippen LogP contribution in [0, 0.1) is 18.8 Å². The molecule has 0 aromatic heterocycles. The zero-order chi connectivity index (χ0) is 15.4. The van der Waals surface area contributed by atoms with Crippen molar-refractivity contribution in [3.63, 3.8) is 0 Å². The second kappa shape index (κ2) is 6.97. The summed E-state index contributed by atoms with van der Waals surface area (Å²) in [6.07, 6.45) is 5.14. The number of benzene rings is 1. The summed E-state index contributed by atoms with van der Waals surface area (Å²) >= 11 is 0. The van der Waals surface area contributed by atoms with Gasteiger partial charge in [-0.05, 0) is 43.7 Å². The summed E-state index contributed by atoms with van der Waals surface area (Å²) in [7, 11) is 1.66. The lowest BCUT2D eigenvalue weighted by Gasteiger charge is -2.35. The minimum atomic E-state index is -0.668. The van der Waals surface area contributed by atoms with E-state index in [9.17, 15) is 9.90 Å². The summed E-state index contributed by atoms with van der Waals surface area (Å²) < 4.78 is 5.48. The predicted molar refractivity (Wildman–Crippen MR) is 83.8 cm³/mol. The van der Waals surface area contributed by atoms with Gasteiger partial charge in [0.2, 0.25) is 0 Å². The van der Waals surface area contributed by atoms with Crippen LogP contribution in [0.4, 0.5) is 0 Å². The third-order valence-electron chi connectivity index (χ3n) is 4.76. The van der Waals surface area contributed by atoms with Crippen molar-refractivity contribution in [1.82, 2.24) is 0 Å². The van der Waals surface area contributed by atoms with E-state index < -0.39 is 5.97 Å². The van der Waals surface area contributed by atoms with Gasteiger partial charge < -0.3 is 9.84 Å². The van der Waals surface area contributed by atoms with Crippen LogP contribution in [0.2, 0.25) is 0 Å². The van der Waals surface area contributed by atoms with E-state index in [0.29, 0.717) is 5.92 Å². The third kappa shape index (κ3) is 3.58. The average molecular weight is 290 g/mol. The largest absolute Gasteiger partial charge is 0.496 e. The Morgan fingerprint density at radius 1 is 1.38 bits per heavy atom. The molecule has 0 saturated heterocycles. The molecule has 1 aromatic carbocycles. The quantitative estimate of drug-likeness (QED) is 0.875. The first-order chi connectivity index (χ1) is 10.1. The average Bonchev–Trinajstić information content (AvgIpc) is 2.47. The SMILES string of the molecule is CCCC1CCC(C(=O)O)C(c2cc(C)ccc2OC)C1. The number of methoxy groups -OCH3 is 1. The van der Waals surface area contributed by atoms with Crippen molar-refractivity contribution in [2.45, 2.75) is 51.9 Å². The minimum Gasteiger partial charge on any atom is -0.496 e. The fraction of sp³-hybridized carbons (Fsp3) is 0.611. The Hall–Kier alpha value is -1.51. The molecule has 3 unspecified atom stereocenters. The highest BCUT2D eigenvalue weighted by Crippen LogP contribution is 2.45. The molecule has 1 aliphatic carbocycles. The second-order valence-corrected chi connectivity index (χ2v) is 6.26. The molecule has 0 radical (unpaired) electrons. The van der Waals surface area contributed by atoms with Crippen LogP contribution < -0.4 is 4.74 Å². The van der Waals surface area contributed by atoms with E-state index in [-0.39, 0.29) is 11.8 Å². The van der Waals surface area contributed by atoms with Gasteiger partial charge in [0, 0.05) is 5.92 Å². The number of carboxylic acid groups (broad SMARTS) is 1. The number of hydrogen-bond donors (Lipinski definition) is 1. The van der Waals surface area contributed by atoms with E-state index in [1.54, 1.807) is 7.11 Å². The van der Waals surface area contributed by atoms with E-state index in [4.69, 9.17) is 4.74 Å². The Kier molecular flexibility index (Phi) is 5.27. The molecule has 3 atom stereocenters. The number of carboxylic acids is 1.